The summed E-state index contributed by atoms with van der Waals surface area (Å²) in [5, 5.41) is 4.88. The summed E-state index contributed by atoms with van der Waals surface area (Å²) in [5.74, 6) is 0.999. The molecule has 26 heavy (non-hydrogen) atoms. The van der Waals surface area contributed by atoms with Crippen molar-refractivity contribution in [1.82, 2.24) is 14.8 Å². The van der Waals surface area contributed by atoms with Gasteiger partial charge in [0.05, 0.1) is 10.9 Å². The number of para-hydroxylation sites is 1. The Balaban J connectivity index is 1.56. The van der Waals surface area contributed by atoms with Gasteiger partial charge in [-0.1, -0.05) is 30.0 Å². The number of nitrogens with zero attached hydrogens (tertiary/aromatic N) is 3. The summed E-state index contributed by atoms with van der Waals surface area (Å²) in [5.41, 5.74) is 1.47. The molecule has 1 unspecified atom stereocenters. The van der Waals surface area contributed by atoms with Gasteiger partial charge in [-0.2, -0.15) is 0 Å². The van der Waals surface area contributed by atoms with Crippen molar-refractivity contribution in [3.8, 4) is 5.69 Å². The molecule has 0 saturated heterocycles. The molecule has 4 rings (SSSR count). The molecule has 1 heterocycles. The first-order valence-electron chi connectivity index (χ1n) is 8.60. The van der Waals surface area contributed by atoms with Gasteiger partial charge < -0.3 is 0 Å². The molecule has 0 bridgehead atoms. The van der Waals surface area contributed by atoms with Crippen molar-refractivity contribution in [3.63, 3.8) is 0 Å². The number of halogens is 1. The second-order valence-corrected chi connectivity index (χ2v) is 7.71. The first-order chi connectivity index (χ1) is 12.6. The van der Waals surface area contributed by atoms with Crippen LogP contribution in [0.4, 0.5) is 4.39 Å². The van der Waals surface area contributed by atoms with Gasteiger partial charge in [0.1, 0.15) is 11.6 Å². The van der Waals surface area contributed by atoms with E-state index in [-0.39, 0.29) is 16.9 Å². The lowest BCUT2D eigenvalue weighted by Gasteiger charge is -2.07. The predicted octanol–water partition coefficient (Wildman–Crippen LogP) is 4.65. The zero-order valence-electron chi connectivity index (χ0n) is 14.3. The fourth-order valence-electron chi connectivity index (χ4n) is 2.78. The Morgan fingerprint density at radius 2 is 1.85 bits per heavy atom. The lowest BCUT2D eigenvalue weighted by Crippen LogP contribution is -2.13. The van der Waals surface area contributed by atoms with Crippen LogP contribution < -0.4 is 0 Å². The molecule has 1 fully saturated rings. The number of Topliss-reactive ketones (excluding diaryl/α,β-unsaturated/α-hetero) is 1. The Morgan fingerprint density at radius 3 is 2.50 bits per heavy atom. The van der Waals surface area contributed by atoms with Gasteiger partial charge in [0, 0.05) is 11.5 Å². The van der Waals surface area contributed by atoms with E-state index in [2.05, 4.69) is 10.1 Å². The maximum absolute atomic E-state index is 13.0. The maximum atomic E-state index is 13.0. The van der Waals surface area contributed by atoms with Crippen molar-refractivity contribution in [2.45, 2.75) is 36.1 Å². The average Bonchev–Trinajstić information content (AvgIpc) is 3.43. The second kappa shape index (κ2) is 7.03. The third-order valence-corrected chi connectivity index (χ3v) is 5.29. The van der Waals surface area contributed by atoms with E-state index in [0.29, 0.717) is 16.6 Å². The van der Waals surface area contributed by atoms with E-state index in [1.807, 2.05) is 41.9 Å². The number of aromatic nitrogens is 3. The molecule has 132 valence electrons. The van der Waals surface area contributed by atoms with Crippen LogP contribution in [0.3, 0.4) is 0 Å². The van der Waals surface area contributed by atoms with Gasteiger partial charge in [0.25, 0.3) is 0 Å². The van der Waals surface area contributed by atoms with Gasteiger partial charge in [-0.05, 0) is 56.2 Å². The number of thioether (sulfide) groups is 1. The number of ketones is 1. The molecular weight excluding hydrogens is 349 g/mol. The lowest BCUT2D eigenvalue weighted by molar-refractivity contribution is 0.0994. The second-order valence-electron chi connectivity index (χ2n) is 6.41. The zero-order chi connectivity index (χ0) is 18.1. The lowest BCUT2D eigenvalue weighted by atomic mass is 10.1. The average molecular weight is 367 g/mol. The third-order valence-electron chi connectivity index (χ3n) is 4.34. The fraction of sp³-hybridized carbons (Fsp3) is 0.250. The van der Waals surface area contributed by atoms with Gasteiger partial charge in [0.15, 0.2) is 5.78 Å². The van der Waals surface area contributed by atoms with Crippen LogP contribution in [0.2, 0.25) is 0 Å². The monoisotopic (exact) mass is 367 g/mol. The Labute approximate surface area is 155 Å². The summed E-state index contributed by atoms with van der Waals surface area (Å²) in [6, 6.07) is 15.6. The Morgan fingerprint density at radius 1 is 1.15 bits per heavy atom. The predicted molar refractivity (Wildman–Crippen MR) is 99.4 cm³/mol. The first-order valence-corrected chi connectivity index (χ1v) is 9.48. The van der Waals surface area contributed by atoms with Gasteiger partial charge in [-0.25, -0.2) is 14.1 Å². The van der Waals surface area contributed by atoms with E-state index in [0.717, 1.165) is 24.4 Å². The number of benzene rings is 2. The molecule has 0 spiro atoms. The van der Waals surface area contributed by atoms with Crippen LogP contribution >= 0.6 is 11.8 Å². The van der Waals surface area contributed by atoms with Gasteiger partial charge in [0.2, 0.25) is 5.16 Å². The van der Waals surface area contributed by atoms with E-state index in [9.17, 15) is 9.18 Å². The summed E-state index contributed by atoms with van der Waals surface area (Å²) in [4.78, 5) is 17.2. The topological polar surface area (TPSA) is 47.8 Å². The SMILES string of the molecule is CC(Sc1nc(C2CC2)n(-c2ccccc2)n1)C(=O)c1ccc(F)cc1. The van der Waals surface area contributed by atoms with Crippen LogP contribution in [0.25, 0.3) is 5.69 Å². The fourth-order valence-corrected chi connectivity index (χ4v) is 3.61. The minimum absolute atomic E-state index is 0.0565. The van der Waals surface area contributed by atoms with Crippen LogP contribution in [0.1, 0.15) is 41.9 Å². The minimum Gasteiger partial charge on any atom is -0.293 e. The summed E-state index contributed by atoms with van der Waals surface area (Å²) < 4.78 is 14.9. The van der Waals surface area contributed by atoms with Crippen molar-refractivity contribution in [1.29, 1.82) is 0 Å². The number of hydrogen-bond donors (Lipinski definition) is 0. The number of carbonyl (C=O) groups is 1. The smallest absolute Gasteiger partial charge is 0.209 e. The van der Waals surface area contributed by atoms with Gasteiger partial charge in [-0.3, -0.25) is 4.79 Å². The molecule has 0 N–H and O–H groups in total. The standard InChI is InChI=1S/C20H18FN3OS/c1-13(18(25)14-9-11-16(21)12-10-14)26-20-22-19(15-7-8-15)24(23-20)17-5-3-2-4-6-17/h2-6,9-13,15H,7-8H2,1H3. The number of hydrogen-bond acceptors (Lipinski definition) is 4. The normalized spacial score (nSPS) is 15.0. The molecule has 1 saturated carbocycles. The molecule has 4 nitrogen and oxygen atoms in total. The molecule has 0 amide bonds. The third kappa shape index (κ3) is 3.55. The number of carbonyl (C=O) groups excluding carboxylic acids is 1. The van der Waals surface area contributed by atoms with Crippen LogP contribution in [0, 0.1) is 5.82 Å². The molecular formula is C20H18FN3OS. The highest BCUT2D eigenvalue weighted by atomic mass is 32.2. The van der Waals surface area contributed by atoms with Gasteiger partial charge in [-0.15, -0.1) is 5.10 Å². The molecule has 1 aliphatic rings. The summed E-state index contributed by atoms with van der Waals surface area (Å²) in [6.07, 6.45) is 2.25. The van der Waals surface area contributed by atoms with Crippen molar-refractivity contribution in [3.05, 3.63) is 71.8 Å². The Bertz CT molecular complexity index is 920. The molecule has 1 aromatic heterocycles. The summed E-state index contributed by atoms with van der Waals surface area (Å²) in [7, 11) is 0. The molecule has 1 aliphatic carbocycles. The van der Waals surface area contributed by atoms with Crippen LogP contribution in [0.5, 0.6) is 0 Å². The minimum atomic E-state index is -0.348. The molecule has 3 aromatic rings. The van der Waals surface area contributed by atoms with E-state index < -0.39 is 0 Å². The van der Waals surface area contributed by atoms with E-state index in [1.165, 1.54) is 36.0 Å². The molecule has 1 atom stereocenters. The van der Waals surface area contributed by atoms with E-state index >= 15 is 0 Å². The van der Waals surface area contributed by atoms with Crippen molar-refractivity contribution < 1.29 is 9.18 Å². The molecule has 2 aromatic carbocycles. The summed E-state index contributed by atoms with van der Waals surface area (Å²) in [6.45, 7) is 1.83. The first kappa shape index (κ1) is 17.0. The van der Waals surface area contributed by atoms with Crippen LogP contribution in [-0.4, -0.2) is 25.8 Å². The van der Waals surface area contributed by atoms with Crippen LogP contribution in [-0.2, 0) is 0 Å². The zero-order valence-corrected chi connectivity index (χ0v) is 15.1. The Kier molecular flexibility index (Phi) is 4.59. The van der Waals surface area contributed by atoms with Crippen LogP contribution in [0.15, 0.2) is 59.8 Å². The summed E-state index contributed by atoms with van der Waals surface area (Å²) >= 11 is 1.34. The van der Waals surface area contributed by atoms with Gasteiger partial charge >= 0.3 is 0 Å². The van der Waals surface area contributed by atoms with Crippen molar-refractivity contribution in [2.75, 3.05) is 0 Å². The highest BCUT2D eigenvalue weighted by Gasteiger charge is 2.31. The highest BCUT2D eigenvalue weighted by molar-refractivity contribution is 8.00. The van der Waals surface area contributed by atoms with Crippen molar-refractivity contribution in [2.24, 2.45) is 0 Å². The molecule has 0 radical (unpaired) electrons. The molecule has 6 heteroatoms. The largest absolute Gasteiger partial charge is 0.293 e. The number of rotatable bonds is 6. The quantitative estimate of drug-likeness (QED) is 0.470. The van der Waals surface area contributed by atoms with E-state index in [4.69, 9.17) is 0 Å². The van der Waals surface area contributed by atoms with E-state index in [1.54, 1.807) is 0 Å². The maximum Gasteiger partial charge on any atom is 0.209 e. The Hall–Kier alpha value is -2.47. The molecule has 0 aliphatic heterocycles. The highest BCUT2D eigenvalue weighted by Crippen LogP contribution is 2.40. The van der Waals surface area contributed by atoms with Crippen molar-refractivity contribution >= 4 is 17.5 Å².